The van der Waals surface area contributed by atoms with E-state index >= 15 is 0 Å². The molecule has 1 aromatic carbocycles. The van der Waals surface area contributed by atoms with Crippen LogP contribution in [0.3, 0.4) is 0 Å². The maximum atomic E-state index is 5.66. The van der Waals surface area contributed by atoms with Gasteiger partial charge in [-0.1, -0.05) is 33.8 Å². The van der Waals surface area contributed by atoms with E-state index in [1.165, 1.54) is 0 Å². The number of thiophene rings is 1. The standard InChI is InChI=1S/C14H12BrN3OS2/c15-10-3-5-11(6-4-10)19-7-9-21-14-16-13(17-18-14)12-2-1-8-20-12/h1-6,8H,7,9H2,(H,16,17,18). The van der Waals surface area contributed by atoms with Gasteiger partial charge in [-0.3, -0.25) is 5.10 Å². The number of ether oxygens (including phenoxy) is 1. The smallest absolute Gasteiger partial charge is 0.208 e. The Hall–Kier alpha value is -1.31. The first-order valence-electron chi connectivity index (χ1n) is 6.29. The highest BCUT2D eigenvalue weighted by atomic mass is 79.9. The summed E-state index contributed by atoms with van der Waals surface area (Å²) in [6, 6.07) is 11.8. The first kappa shape index (κ1) is 14.6. The molecule has 0 aliphatic heterocycles. The summed E-state index contributed by atoms with van der Waals surface area (Å²) in [5.41, 5.74) is 0. The molecule has 0 aliphatic carbocycles. The molecule has 21 heavy (non-hydrogen) atoms. The molecule has 0 spiro atoms. The third-order valence-electron chi connectivity index (χ3n) is 2.62. The molecule has 2 aromatic heterocycles. The number of nitrogens with zero attached hydrogens (tertiary/aromatic N) is 2. The van der Waals surface area contributed by atoms with Crippen LogP contribution in [0.15, 0.2) is 51.4 Å². The van der Waals surface area contributed by atoms with Crippen LogP contribution in [-0.2, 0) is 0 Å². The average molecular weight is 382 g/mol. The van der Waals surface area contributed by atoms with Gasteiger partial charge in [-0.2, -0.15) is 0 Å². The van der Waals surface area contributed by atoms with Crippen molar-refractivity contribution in [3.63, 3.8) is 0 Å². The number of H-pyrrole nitrogens is 1. The lowest BCUT2D eigenvalue weighted by atomic mass is 10.3. The molecule has 2 heterocycles. The summed E-state index contributed by atoms with van der Waals surface area (Å²) < 4.78 is 6.70. The highest BCUT2D eigenvalue weighted by Crippen LogP contribution is 2.23. The lowest BCUT2D eigenvalue weighted by Gasteiger charge is -2.04. The van der Waals surface area contributed by atoms with Crippen LogP contribution in [0.5, 0.6) is 5.75 Å². The predicted octanol–water partition coefficient (Wildman–Crippen LogP) is 4.47. The quantitative estimate of drug-likeness (QED) is 0.505. The Morgan fingerprint density at radius 2 is 2.10 bits per heavy atom. The highest BCUT2D eigenvalue weighted by Gasteiger charge is 2.06. The zero-order valence-electron chi connectivity index (χ0n) is 11.0. The van der Waals surface area contributed by atoms with Gasteiger partial charge in [-0.15, -0.1) is 16.4 Å². The van der Waals surface area contributed by atoms with E-state index in [0.717, 1.165) is 31.8 Å². The van der Waals surface area contributed by atoms with Crippen molar-refractivity contribution in [3.8, 4) is 16.5 Å². The van der Waals surface area contributed by atoms with E-state index in [1.54, 1.807) is 23.1 Å². The Morgan fingerprint density at radius 1 is 1.24 bits per heavy atom. The minimum atomic E-state index is 0.620. The fraction of sp³-hybridized carbons (Fsp3) is 0.143. The lowest BCUT2D eigenvalue weighted by Crippen LogP contribution is -2.00. The van der Waals surface area contributed by atoms with E-state index in [9.17, 15) is 0 Å². The number of aromatic amines is 1. The number of thioether (sulfide) groups is 1. The van der Waals surface area contributed by atoms with Gasteiger partial charge in [-0.05, 0) is 35.7 Å². The molecule has 3 aromatic rings. The van der Waals surface area contributed by atoms with Crippen molar-refractivity contribution >= 4 is 39.0 Å². The number of aromatic nitrogens is 3. The molecule has 0 fully saturated rings. The van der Waals surface area contributed by atoms with Gasteiger partial charge in [0, 0.05) is 10.2 Å². The van der Waals surface area contributed by atoms with Crippen LogP contribution in [0.1, 0.15) is 0 Å². The van der Waals surface area contributed by atoms with Gasteiger partial charge in [0.05, 0.1) is 11.5 Å². The molecule has 0 saturated heterocycles. The van der Waals surface area contributed by atoms with Crippen molar-refractivity contribution in [3.05, 3.63) is 46.3 Å². The minimum Gasteiger partial charge on any atom is -0.493 e. The molecule has 0 bridgehead atoms. The largest absolute Gasteiger partial charge is 0.493 e. The molecular formula is C14H12BrN3OS2. The Labute approximate surface area is 139 Å². The molecule has 0 unspecified atom stereocenters. The molecule has 0 radical (unpaired) electrons. The van der Waals surface area contributed by atoms with Crippen molar-refractivity contribution < 1.29 is 4.74 Å². The zero-order chi connectivity index (χ0) is 14.5. The maximum absolute atomic E-state index is 5.66. The second-order valence-corrected chi connectivity index (χ2v) is 7.02. The van der Waals surface area contributed by atoms with Crippen molar-refractivity contribution in [2.24, 2.45) is 0 Å². The summed E-state index contributed by atoms with van der Waals surface area (Å²) in [6.45, 7) is 0.620. The normalized spacial score (nSPS) is 10.7. The summed E-state index contributed by atoms with van der Waals surface area (Å²) in [4.78, 5) is 5.55. The van der Waals surface area contributed by atoms with Crippen LogP contribution >= 0.6 is 39.0 Å². The van der Waals surface area contributed by atoms with Crippen LogP contribution in [0, 0.1) is 0 Å². The van der Waals surface area contributed by atoms with E-state index in [1.807, 2.05) is 41.8 Å². The number of halogens is 1. The van der Waals surface area contributed by atoms with Crippen LogP contribution in [0.4, 0.5) is 0 Å². The van der Waals surface area contributed by atoms with Crippen molar-refractivity contribution in [2.75, 3.05) is 12.4 Å². The molecule has 0 aliphatic rings. The van der Waals surface area contributed by atoms with E-state index < -0.39 is 0 Å². The van der Waals surface area contributed by atoms with E-state index in [4.69, 9.17) is 4.74 Å². The van der Waals surface area contributed by atoms with E-state index in [-0.39, 0.29) is 0 Å². The number of hydrogen-bond donors (Lipinski definition) is 1. The van der Waals surface area contributed by atoms with Gasteiger partial charge < -0.3 is 4.74 Å². The monoisotopic (exact) mass is 381 g/mol. The van der Waals surface area contributed by atoms with Crippen LogP contribution in [-0.4, -0.2) is 27.5 Å². The van der Waals surface area contributed by atoms with Crippen LogP contribution in [0.2, 0.25) is 0 Å². The first-order chi connectivity index (χ1) is 10.3. The third kappa shape index (κ3) is 4.09. The Kier molecular flexibility index (Phi) is 4.95. The maximum Gasteiger partial charge on any atom is 0.208 e. The van der Waals surface area contributed by atoms with Gasteiger partial charge >= 0.3 is 0 Å². The molecule has 108 valence electrons. The van der Waals surface area contributed by atoms with Gasteiger partial charge in [0.1, 0.15) is 5.75 Å². The molecule has 1 N–H and O–H groups in total. The molecule has 4 nitrogen and oxygen atoms in total. The van der Waals surface area contributed by atoms with Crippen LogP contribution in [0.25, 0.3) is 10.7 Å². The summed E-state index contributed by atoms with van der Waals surface area (Å²) in [7, 11) is 0. The summed E-state index contributed by atoms with van der Waals surface area (Å²) in [5.74, 6) is 2.49. The molecular weight excluding hydrogens is 370 g/mol. The van der Waals surface area contributed by atoms with Crippen molar-refractivity contribution in [2.45, 2.75) is 5.16 Å². The summed E-state index contributed by atoms with van der Waals surface area (Å²) in [5, 5.41) is 9.93. The fourth-order valence-electron chi connectivity index (χ4n) is 1.66. The summed E-state index contributed by atoms with van der Waals surface area (Å²) >= 11 is 6.62. The first-order valence-corrected chi connectivity index (χ1v) is 8.94. The Balaban J connectivity index is 1.46. The van der Waals surface area contributed by atoms with Crippen LogP contribution < -0.4 is 4.74 Å². The molecule has 0 saturated carbocycles. The molecule has 0 amide bonds. The molecule has 0 atom stereocenters. The Bertz CT molecular complexity index is 683. The van der Waals surface area contributed by atoms with Gasteiger partial charge in [0.2, 0.25) is 5.16 Å². The second-order valence-electron chi connectivity index (χ2n) is 4.09. The van der Waals surface area contributed by atoms with Gasteiger partial charge in [-0.25, -0.2) is 4.98 Å². The predicted molar refractivity (Wildman–Crippen MR) is 90.1 cm³/mol. The van der Waals surface area contributed by atoms with E-state index in [2.05, 4.69) is 31.1 Å². The molecule has 3 rings (SSSR count). The second kappa shape index (κ2) is 7.11. The van der Waals surface area contributed by atoms with Crippen molar-refractivity contribution in [1.82, 2.24) is 15.2 Å². The minimum absolute atomic E-state index is 0.620. The third-order valence-corrected chi connectivity index (χ3v) is 4.83. The zero-order valence-corrected chi connectivity index (χ0v) is 14.2. The topological polar surface area (TPSA) is 50.8 Å². The lowest BCUT2D eigenvalue weighted by molar-refractivity contribution is 0.344. The number of benzene rings is 1. The van der Waals surface area contributed by atoms with Gasteiger partial charge in [0.15, 0.2) is 5.82 Å². The highest BCUT2D eigenvalue weighted by molar-refractivity contribution is 9.10. The van der Waals surface area contributed by atoms with Crippen molar-refractivity contribution in [1.29, 1.82) is 0 Å². The fourth-order valence-corrected chi connectivity index (χ4v) is 3.20. The molecule has 7 heteroatoms. The number of rotatable bonds is 6. The Morgan fingerprint density at radius 3 is 2.86 bits per heavy atom. The number of hydrogen-bond acceptors (Lipinski definition) is 5. The summed E-state index contributed by atoms with van der Waals surface area (Å²) in [6.07, 6.45) is 0. The van der Waals surface area contributed by atoms with Gasteiger partial charge in [0.25, 0.3) is 0 Å². The number of nitrogens with one attached hydrogen (secondary N) is 1. The van der Waals surface area contributed by atoms with E-state index in [0.29, 0.717) is 6.61 Å². The SMILES string of the molecule is Brc1ccc(OCCSc2n[nH]c(-c3cccs3)n2)cc1. The average Bonchev–Trinajstić information content (AvgIpc) is 3.16.